The van der Waals surface area contributed by atoms with Crippen LogP contribution in [-0.4, -0.2) is 9.97 Å². The Hall–Kier alpha value is -2.08. The molecule has 0 amide bonds. The second-order valence-corrected chi connectivity index (χ2v) is 3.85. The van der Waals surface area contributed by atoms with E-state index in [9.17, 15) is 8.78 Å². The second-order valence-electron chi connectivity index (χ2n) is 3.41. The van der Waals surface area contributed by atoms with Crippen molar-refractivity contribution in [3.63, 3.8) is 0 Å². The van der Waals surface area contributed by atoms with E-state index in [1.807, 2.05) is 0 Å². The third-order valence-corrected chi connectivity index (χ3v) is 2.38. The van der Waals surface area contributed by atoms with Crippen molar-refractivity contribution < 1.29 is 13.5 Å². The normalized spacial score (nSPS) is 10.1. The van der Waals surface area contributed by atoms with Crippen LogP contribution in [0.15, 0.2) is 36.7 Å². The molecule has 1 aromatic heterocycles. The summed E-state index contributed by atoms with van der Waals surface area (Å²) in [5, 5.41) is 0. The summed E-state index contributed by atoms with van der Waals surface area (Å²) in [4.78, 5) is 3.94. The van der Waals surface area contributed by atoms with Gasteiger partial charge in [-0.05, 0) is 18.2 Å². The molecule has 3 nitrogen and oxygen atoms in total. The van der Waals surface area contributed by atoms with Crippen molar-refractivity contribution in [2.45, 2.75) is 0 Å². The molecule has 6 heteroatoms. The van der Waals surface area contributed by atoms with Gasteiger partial charge in [0.15, 0.2) is 17.3 Å². The molecule has 0 saturated heterocycles. The number of hydrogen-bond acceptors (Lipinski definition) is 3. The van der Waals surface area contributed by atoms with E-state index < -0.39 is 11.6 Å². The van der Waals surface area contributed by atoms with E-state index in [0.29, 0.717) is 5.56 Å². The van der Waals surface area contributed by atoms with Crippen molar-refractivity contribution in [2.75, 3.05) is 0 Å². The van der Waals surface area contributed by atoms with Crippen LogP contribution in [0.25, 0.3) is 0 Å². The van der Waals surface area contributed by atoms with Crippen molar-refractivity contribution in [1.82, 2.24) is 4.98 Å². The van der Waals surface area contributed by atoms with E-state index in [4.69, 9.17) is 22.7 Å². The zero-order valence-corrected chi connectivity index (χ0v) is 9.88. The fourth-order valence-electron chi connectivity index (χ4n) is 1.34. The molecule has 92 valence electrons. The van der Waals surface area contributed by atoms with E-state index in [1.54, 1.807) is 6.07 Å². The van der Waals surface area contributed by atoms with Gasteiger partial charge >= 0.3 is 0 Å². The lowest BCUT2D eigenvalue weighted by Gasteiger charge is -2.10. The van der Waals surface area contributed by atoms with Crippen LogP contribution in [0.1, 0.15) is 5.56 Å². The molecule has 0 atom stereocenters. The molecule has 0 fully saturated rings. The standard InChI is InChI=1S/C12H8F2N2OS/c13-7-1-2-10(9(14)5-7)17-11-6-16-4-3-8(11)12(15)18/h1-6H,(H2,15,18). The molecule has 0 aliphatic rings. The first-order chi connectivity index (χ1) is 8.58. The molecular weight excluding hydrogens is 258 g/mol. The molecule has 1 aromatic carbocycles. The van der Waals surface area contributed by atoms with Gasteiger partial charge in [-0.25, -0.2) is 8.78 Å². The fraction of sp³-hybridized carbons (Fsp3) is 0. The number of rotatable bonds is 3. The van der Waals surface area contributed by atoms with Gasteiger partial charge in [0.05, 0.1) is 11.8 Å². The number of aromatic nitrogens is 1. The topological polar surface area (TPSA) is 48.1 Å². The van der Waals surface area contributed by atoms with Crippen LogP contribution in [0.2, 0.25) is 0 Å². The Kier molecular flexibility index (Phi) is 3.47. The average Bonchev–Trinajstić information content (AvgIpc) is 2.33. The van der Waals surface area contributed by atoms with Gasteiger partial charge in [0.2, 0.25) is 0 Å². The Morgan fingerprint density at radius 1 is 1.22 bits per heavy atom. The molecule has 0 aliphatic heterocycles. The van der Waals surface area contributed by atoms with Gasteiger partial charge in [0.1, 0.15) is 10.8 Å². The highest BCUT2D eigenvalue weighted by atomic mass is 32.1. The maximum atomic E-state index is 13.4. The Morgan fingerprint density at radius 2 is 2.00 bits per heavy atom. The van der Waals surface area contributed by atoms with Gasteiger partial charge in [-0.2, -0.15) is 0 Å². The summed E-state index contributed by atoms with van der Waals surface area (Å²) in [5.41, 5.74) is 5.93. The molecule has 1 heterocycles. The van der Waals surface area contributed by atoms with Gasteiger partial charge in [-0.3, -0.25) is 4.98 Å². The predicted octanol–water partition coefficient (Wildman–Crippen LogP) is 2.79. The number of nitrogens with two attached hydrogens (primary N) is 1. The van der Waals surface area contributed by atoms with E-state index in [-0.39, 0.29) is 16.5 Å². The number of benzene rings is 1. The first kappa shape index (κ1) is 12.4. The molecule has 2 aromatic rings. The van der Waals surface area contributed by atoms with Crippen LogP contribution in [0.4, 0.5) is 8.78 Å². The van der Waals surface area contributed by atoms with Crippen molar-refractivity contribution in [1.29, 1.82) is 0 Å². The zero-order valence-electron chi connectivity index (χ0n) is 9.06. The van der Waals surface area contributed by atoms with Gasteiger partial charge in [0, 0.05) is 12.3 Å². The summed E-state index contributed by atoms with van der Waals surface area (Å²) in [5.74, 6) is -1.40. The molecule has 0 unspecified atom stereocenters. The highest BCUT2D eigenvalue weighted by molar-refractivity contribution is 7.80. The summed E-state index contributed by atoms with van der Waals surface area (Å²) in [6, 6.07) is 4.56. The van der Waals surface area contributed by atoms with E-state index in [2.05, 4.69) is 4.98 Å². The molecule has 0 saturated carbocycles. The number of hydrogen-bond donors (Lipinski definition) is 1. The van der Waals surface area contributed by atoms with Gasteiger partial charge < -0.3 is 10.5 Å². The van der Waals surface area contributed by atoms with Crippen LogP contribution in [0.5, 0.6) is 11.5 Å². The number of nitrogens with zero attached hydrogens (tertiary/aromatic N) is 1. The largest absolute Gasteiger partial charge is 0.452 e. The van der Waals surface area contributed by atoms with Crippen LogP contribution in [-0.2, 0) is 0 Å². The Balaban J connectivity index is 2.37. The fourth-order valence-corrected chi connectivity index (χ4v) is 1.51. The number of thiocarbonyl (C=S) groups is 1. The van der Waals surface area contributed by atoms with Crippen molar-refractivity contribution in [2.24, 2.45) is 5.73 Å². The minimum Gasteiger partial charge on any atom is -0.452 e. The predicted molar refractivity (Wildman–Crippen MR) is 66.6 cm³/mol. The highest BCUT2D eigenvalue weighted by Crippen LogP contribution is 2.27. The molecule has 0 bridgehead atoms. The maximum absolute atomic E-state index is 13.4. The van der Waals surface area contributed by atoms with E-state index in [0.717, 1.165) is 12.1 Å². The molecule has 2 N–H and O–H groups in total. The summed E-state index contributed by atoms with van der Waals surface area (Å²) < 4.78 is 31.4. The summed E-state index contributed by atoms with van der Waals surface area (Å²) in [7, 11) is 0. The number of pyridine rings is 1. The van der Waals surface area contributed by atoms with E-state index >= 15 is 0 Å². The number of ether oxygens (including phenoxy) is 1. The number of halogens is 2. The zero-order chi connectivity index (χ0) is 13.1. The lowest BCUT2D eigenvalue weighted by molar-refractivity contribution is 0.435. The second kappa shape index (κ2) is 5.05. The van der Waals surface area contributed by atoms with Gasteiger partial charge in [-0.1, -0.05) is 12.2 Å². The third kappa shape index (κ3) is 2.60. The highest BCUT2D eigenvalue weighted by Gasteiger charge is 2.11. The quantitative estimate of drug-likeness (QED) is 0.868. The van der Waals surface area contributed by atoms with Gasteiger partial charge in [-0.15, -0.1) is 0 Å². The first-order valence-electron chi connectivity index (χ1n) is 4.94. The monoisotopic (exact) mass is 266 g/mol. The molecular formula is C12H8F2N2OS. The SMILES string of the molecule is NC(=S)c1ccncc1Oc1ccc(F)cc1F. The minimum absolute atomic E-state index is 0.106. The third-order valence-electron chi connectivity index (χ3n) is 2.16. The molecule has 0 radical (unpaired) electrons. The van der Waals surface area contributed by atoms with Crippen LogP contribution >= 0.6 is 12.2 Å². The summed E-state index contributed by atoms with van der Waals surface area (Å²) >= 11 is 4.84. The van der Waals surface area contributed by atoms with Crippen LogP contribution in [0.3, 0.4) is 0 Å². The molecule has 2 rings (SSSR count). The van der Waals surface area contributed by atoms with Crippen molar-refractivity contribution >= 4 is 17.2 Å². The maximum Gasteiger partial charge on any atom is 0.168 e. The van der Waals surface area contributed by atoms with Crippen molar-refractivity contribution in [3.8, 4) is 11.5 Å². The Morgan fingerprint density at radius 3 is 2.67 bits per heavy atom. The van der Waals surface area contributed by atoms with Crippen LogP contribution in [0, 0.1) is 11.6 Å². The van der Waals surface area contributed by atoms with Crippen molar-refractivity contribution in [3.05, 3.63) is 53.9 Å². The lowest BCUT2D eigenvalue weighted by atomic mass is 10.2. The summed E-state index contributed by atoms with van der Waals surface area (Å²) in [6.45, 7) is 0. The van der Waals surface area contributed by atoms with Crippen LogP contribution < -0.4 is 10.5 Å². The molecule has 0 spiro atoms. The molecule has 18 heavy (non-hydrogen) atoms. The summed E-state index contributed by atoms with van der Waals surface area (Å²) in [6.07, 6.45) is 2.85. The first-order valence-corrected chi connectivity index (χ1v) is 5.35. The Labute approximate surface area is 107 Å². The molecule has 0 aliphatic carbocycles. The van der Waals surface area contributed by atoms with E-state index in [1.165, 1.54) is 18.5 Å². The minimum atomic E-state index is -0.812. The Bertz CT molecular complexity index is 604. The van der Waals surface area contributed by atoms with Gasteiger partial charge in [0.25, 0.3) is 0 Å². The lowest BCUT2D eigenvalue weighted by Crippen LogP contribution is -2.11. The average molecular weight is 266 g/mol. The smallest absolute Gasteiger partial charge is 0.168 e.